The molecule has 0 saturated heterocycles. The number of halogens is 3. The van der Waals surface area contributed by atoms with Gasteiger partial charge in [-0.3, -0.25) is 0 Å². The van der Waals surface area contributed by atoms with Crippen molar-refractivity contribution >= 4 is 82.7 Å². The average Bonchev–Trinajstić information content (AvgIpc) is 3.47. The first kappa shape index (κ1) is 38.4. The van der Waals surface area contributed by atoms with Gasteiger partial charge in [-0.05, 0) is 84.8 Å². The summed E-state index contributed by atoms with van der Waals surface area (Å²) in [6, 6.07) is 30.4. The van der Waals surface area contributed by atoms with Gasteiger partial charge in [0.15, 0.2) is 0 Å². The van der Waals surface area contributed by atoms with Gasteiger partial charge in [0.2, 0.25) is 0 Å². The lowest BCUT2D eigenvalue weighted by atomic mass is 10.1. The molecule has 0 radical (unpaired) electrons. The zero-order chi connectivity index (χ0) is 28.9. The molecule has 1 aromatic heterocycles. The summed E-state index contributed by atoms with van der Waals surface area (Å²) in [6.45, 7) is 3.23. The topological polar surface area (TPSA) is 193 Å². The van der Waals surface area contributed by atoms with Gasteiger partial charge in [-0.2, -0.15) is 0 Å². The van der Waals surface area contributed by atoms with Crippen molar-refractivity contribution in [3.05, 3.63) is 120 Å². The van der Waals surface area contributed by atoms with E-state index in [9.17, 15) is 0 Å². The lowest BCUT2D eigenvalue weighted by Crippen LogP contribution is -2.02. The predicted molar refractivity (Wildman–Crippen MR) is 192 cm³/mol. The lowest BCUT2D eigenvalue weighted by molar-refractivity contribution is 0.518. The second-order valence-corrected chi connectivity index (χ2v) is 9.02. The van der Waals surface area contributed by atoms with Crippen molar-refractivity contribution in [1.29, 1.82) is 0 Å². The number of rotatable bonds is 6. The lowest BCUT2D eigenvalue weighted by Gasteiger charge is -2.09. The number of hydrogen-bond donors (Lipinski definition) is 8. The molecule has 4 aromatic carbocycles. The van der Waals surface area contributed by atoms with Gasteiger partial charge in [0, 0.05) is 40.7 Å². The van der Waals surface area contributed by atoms with Crippen LogP contribution in [0.2, 0.25) is 0 Å². The number of anilines is 8. The summed E-state index contributed by atoms with van der Waals surface area (Å²) in [7, 11) is 0. The van der Waals surface area contributed by atoms with Gasteiger partial charge < -0.3 is 49.5 Å². The van der Waals surface area contributed by atoms with Crippen LogP contribution in [-0.2, 0) is 13.1 Å². The van der Waals surface area contributed by atoms with Gasteiger partial charge >= 0.3 is 0 Å². The Labute approximate surface area is 271 Å². The fraction of sp³-hybridized carbons (Fsp3) is 0.0968. The minimum absolute atomic E-state index is 0. The molecule has 0 aliphatic rings. The van der Waals surface area contributed by atoms with Crippen LogP contribution in [0.4, 0.5) is 45.5 Å². The Balaban J connectivity index is 0.000000609. The molecule has 0 aliphatic carbocycles. The van der Waals surface area contributed by atoms with Gasteiger partial charge in [0.05, 0.1) is 24.2 Å². The molecule has 12 heteroatoms. The van der Waals surface area contributed by atoms with Crippen LogP contribution in [0, 0.1) is 6.92 Å². The van der Waals surface area contributed by atoms with E-state index in [1.54, 1.807) is 18.4 Å². The Kier molecular flexibility index (Phi) is 17.5. The van der Waals surface area contributed by atoms with Crippen LogP contribution in [0.5, 0.6) is 0 Å². The summed E-state index contributed by atoms with van der Waals surface area (Å²) < 4.78 is 5.19. The van der Waals surface area contributed by atoms with E-state index in [-0.39, 0.29) is 37.2 Å². The van der Waals surface area contributed by atoms with Crippen LogP contribution < -0.4 is 45.0 Å². The molecule has 0 amide bonds. The van der Waals surface area contributed by atoms with Crippen molar-refractivity contribution in [3.63, 3.8) is 0 Å². The molecule has 0 bridgehead atoms. The number of furan rings is 1. The third-order valence-electron chi connectivity index (χ3n) is 5.95. The van der Waals surface area contributed by atoms with Crippen LogP contribution in [-0.4, -0.2) is 0 Å². The van der Waals surface area contributed by atoms with Gasteiger partial charge in [-0.1, -0.05) is 30.3 Å². The molecule has 0 saturated carbocycles. The molecular formula is C31H41Cl3N8O. The van der Waals surface area contributed by atoms with E-state index in [1.165, 1.54) is 0 Å². The van der Waals surface area contributed by atoms with E-state index in [0.717, 1.165) is 45.3 Å². The molecule has 0 aliphatic heterocycles. The molecule has 0 spiro atoms. The molecule has 232 valence electrons. The van der Waals surface area contributed by atoms with Crippen molar-refractivity contribution in [1.82, 2.24) is 0 Å². The van der Waals surface area contributed by atoms with Crippen LogP contribution in [0.3, 0.4) is 0 Å². The Hall–Kier alpha value is -4.57. The SMILES string of the molecule is Cc1c(N)ccc(N)c1N.Cl.Cl.Cl.Nc1cccc(NCc2ccccc2N)c1.Nc1cccc(NCc2ccco2)c1. The zero-order valence-corrected chi connectivity index (χ0v) is 26.3. The molecule has 43 heavy (non-hydrogen) atoms. The van der Waals surface area contributed by atoms with Gasteiger partial charge in [0.1, 0.15) is 5.76 Å². The largest absolute Gasteiger partial charge is 0.467 e. The Morgan fingerprint density at radius 3 is 1.63 bits per heavy atom. The molecule has 0 fully saturated rings. The fourth-order valence-corrected chi connectivity index (χ4v) is 3.56. The van der Waals surface area contributed by atoms with Crippen LogP contribution in [0.1, 0.15) is 16.9 Å². The van der Waals surface area contributed by atoms with E-state index in [4.69, 9.17) is 38.8 Å². The van der Waals surface area contributed by atoms with E-state index >= 15 is 0 Å². The first-order valence-corrected chi connectivity index (χ1v) is 12.7. The van der Waals surface area contributed by atoms with E-state index in [2.05, 4.69) is 10.6 Å². The standard InChI is InChI=1S/C13H15N3.C11H12N2O.C7H11N3.3ClH/c14-11-5-3-6-12(8-11)16-9-10-4-1-2-7-13(10)15;12-9-3-1-4-10(7-9)13-8-11-5-2-6-14-11;1-4-5(8)2-3-6(9)7(4)10;;;/h1-8,16H,9,14-15H2;1-7,13H,8,12H2;2-3H,8-10H2,1H3;3*1H. The van der Waals surface area contributed by atoms with Crippen molar-refractivity contribution in [2.45, 2.75) is 20.0 Å². The van der Waals surface area contributed by atoms with Crippen LogP contribution >= 0.6 is 37.2 Å². The smallest absolute Gasteiger partial charge is 0.122 e. The minimum atomic E-state index is 0. The maximum Gasteiger partial charge on any atom is 0.122 e. The third-order valence-corrected chi connectivity index (χ3v) is 5.95. The highest BCUT2D eigenvalue weighted by Crippen LogP contribution is 2.23. The van der Waals surface area contributed by atoms with E-state index in [0.29, 0.717) is 30.2 Å². The second kappa shape index (κ2) is 19.5. The number of hydrogen-bond acceptors (Lipinski definition) is 9. The summed E-state index contributed by atoms with van der Waals surface area (Å²) in [5.74, 6) is 0.910. The Morgan fingerprint density at radius 2 is 1.12 bits per heavy atom. The highest BCUT2D eigenvalue weighted by atomic mass is 35.5. The number of nitrogens with one attached hydrogen (secondary N) is 2. The van der Waals surface area contributed by atoms with Crippen molar-refractivity contribution in [3.8, 4) is 0 Å². The number of para-hydroxylation sites is 1. The Bertz CT molecular complexity index is 1470. The fourth-order valence-electron chi connectivity index (χ4n) is 3.56. The van der Waals surface area contributed by atoms with Crippen LogP contribution in [0.15, 0.2) is 108 Å². The molecular weight excluding hydrogens is 607 g/mol. The highest BCUT2D eigenvalue weighted by molar-refractivity contribution is 5.86. The van der Waals surface area contributed by atoms with Crippen molar-refractivity contribution in [2.24, 2.45) is 0 Å². The van der Waals surface area contributed by atoms with Crippen LogP contribution in [0.25, 0.3) is 0 Å². The summed E-state index contributed by atoms with van der Waals surface area (Å²) in [5.41, 5.74) is 42.0. The molecule has 5 rings (SSSR count). The van der Waals surface area contributed by atoms with Gasteiger partial charge in [0.25, 0.3) is 0 Å². The molecule has 5 aromatic rings. The maximum absolute atomic E-state index is 5.85. The second-order valence-electron chi connectivity index (χ2n) is 9.02. The minimum Gasteiger partial charge on any atom is -0.467 e. The number of nitrogens with two attached hydrogens (primary N) is 6. The summed E-state index contributed by atoms with van der Waals surface area (Å²) >= 11 is 0. The summed E-state index contributed by atoms with van der Waals surface area (Å²) in [6.07, 6.45) is 1.66. The molecule has 0 unspecified atom stereocenters. The Morgan fingerprint density at radius 1 is 0.558 bits per heavy atom. The normalized spacial score (nSPS) is 9.23. The summed E-state index contributed by atoms with van der Waals surface area (Å²) in [4.78, 5) is 0. The van der Waals surface area contributed by atoms with Crippen molar-refractivity contribution < 1.29 is 4.42 Å². The highest BCUT2D eigenvalue weighted by Gasteiger charge is 2.00. The molecule has 9 nitrogen and oxygen atoms in total. The van der Waals surface area contributed by atoms with Crippen molar-refractivity contribution in [2.75, 3.05) is 45.0 Å². The molecule has 1 heterocycles. The number of benzene rings is 4. The first-order valence-electron chi connectivity index (χ1n) is 12.7. The quantitative estimate of drug-likeness (QED) is 0.0901. The summed E-state index contributed by atoms with van der Waals surface area (Å²) in [5, 5.41) is 6.50. The first-order chi connectivity index (χ1) is 19.2. The third kappa shape index (κ3) is 12.9. The van der Waals surface area contributed by atoms with Gasteiger partial charge in [-0.25, -0.2) is 0 Å². The number of nitrogen functional groups attached to an aromatic ring is 6. The monoisotopic (exact) mass is 646 g/mol. The predicted octanol–water partition coefficient (Wildman–Crippen LogP) is 6.94. The van der Waals surface area contributed by atoms with E-state index < -0.39 is 0 Å². The van der Waals surface area contributed by atoms with E-state index in [1.807, 2.05) is 91.9 Å². The average molecular weight is 648 g/mol. The maximum atomic E-state index is 5.85. The van der Waals surface area contributed by atoms with Gasteiger partial charge in [-0.15, -0.1) is 37.2 Å². The molecule has 14 N–H and O–H groups in total. The molecule has 0 atom stereocenters. The zero-order valence-electron chi connectivity index (χ0n) is 23.8.